The molecule has 2 heterocycles. The van der Waals surface area contributed by atoms with Gasteiger partial charge in [-0.05, 0) is 13.3 Å². The lowest BCUT2D eigenvalue weighted by atomic mass is 9.93. The van der Waals surface area contributed by atoms with Crippen molar-refractivity contribution in [2.24, 2.45) is 11.7 Å². The topological polar surface area (TPSA) is 61.0 Å². The maximum absolute atomic E-state index is 6.14. The molecule has 1 aliphatic heterocycles. The lowest BCUT2D eigenvalue weighted by molar-refractivity contribution is 0.180. The van der Waals surface area contributed by atoms with E-state index in [0.29, 0.717) is 5.92 Å². The summed E-state index contributed by atoms with van der Waals surface area (Å²) in [5.41, 5.74) is 8.16. The molecule has 76 valence electrons. The highest BCUT2D eigenvalue weighted by Crippen LogP contribution is 2.27. The van der Waals surface area contributed by atoms with E-state index in [1.54, 1.807) is 6.33 Å². The Labute approximate surface area is 83.5 Å². The number of nitrogens with two attached hydrogens (primary N) is 1. The molecule has 0 aromatic carbocycles. The second-order valence-electron chi connectivity index (χ2n) is 3.71. The molecule has 0 amide bonds. The zero-order chi connectivity index (χ0) is 9.97. The average Bonchev–Trinajstić information content (AvgIpc) is 2.70. The standard InChI is InChI=1S/C10H15N3O/c1-7-9(4-12-6-13-7)10(11)8-2-3-14-5-8/h4,6,8,10H,2-3,5,11H2,1H3. The smallest absolute Gasteiger partial charge is 0.115 e. The SMILES string of the molecule is Cc1ncncc1C(N)C1CCOC1. The van der Waals surface area contributed by atoms with Crippen molar-refractivity contribution in [3.63, 3.8) is 0 Å². The quantitative estimate of drug-likeness (QED) is 0.755. The summed E-state index contributed by atoms with van der Waals surface area (Å²) in [6.07, 6.45) is 4.40. The highest BCUT2D eigenvalue weighted by Gasteiger charge is 2.25. The average molecular weight is 193 g/mol. The van der Waals surface area contributed by atoms with Crippen LogP contribution < -0.4 is 5.73 Å². The van der Waals surface area contributed by atoms with E-state index in [1.165, 1.54) is 0 Å². The second kappa shape index (κ2) is 4.02. The van der Waals surface area contributed by atoms with E-state index >= 15 is 0 Å². The van der Waals surface area contributed by atoms with Gasteiger partial charge in [0.05, 0.1) is 6.61 Å². The van der Waals surface area contributed by atoms with Gasteiger partial charge in [0.25, 0.3) is 0 Å². The third kappa shape index (κ3) is 1.76. The molecule has 2 atom stereocenters. The number of ether oxygens (including phenoxy) is 1. The number of hydrogen-bond acceptors (Lipinski definition) is 4. The maximum Gasteiger partial charge on any atom is 0.115 e. The number of aromatic nitrogens is 2. The van der Waals surface area contributed by atoms with Gasteiger partial charge in [-0.15, -0.1) is 0 Å². The van der Waals surface area contributed by atoms with Crippen molar-refractivity contribution in [3.8, 4) is 0 Å². The van der Waals surface area contributed by atoms with Crippen LogP contribution in [0.4, 0.5) is 0 Å². The van der Waals surface area contributed by atoms with Crippen LogP contribution in [0, 0.1) is 12.8 Å². The molecular weight excluding hydrogens is 178 g/mol. The molecule has 14 heavy (non-hydrogen) atoms. The summed E-state index contributed by atoms with van der Waals surface area (Å²) in [4.78, 5) is 8.15. The van der Waals surface area contributed by atoms with Crippen LogP contribution >= 0.6 is 0 Å². The Bertz CT molecular complexity index is 310. The first-order valence-corrected chi connectivity index (χ1v) is 4.89. The van der Waals surface area contributed by atoms with Gasteiger partial charge >= 0.3 is 0 Å². The lowest BCUT2D eigenvalue weighted by Crippen LogP contribution is -2.23. The van der Waals surface area contributed by atoms with Crippen molar-refractivity contribution in [3.05, 3.63) is 23.8 Å². The minimum atomic E-state index is 0.0127. The minimum Gasteiger partial charge on any atom is -0.381 e. The van der Waals surface area contributed by atoms with Gasteiger partial charge in [-0.1, -0.05) is 0 Å². The summed E-state index contributed by atoms with van der Waals surface area (Å²) < 4.78 is 5.32. The molecule has 4 heteroatoms. The monoisotopic (exact) mass is 193 g/mol. The maximum atomic E-state index is 6.14. The molecule has 0 aliphatic carbocycles. The Balaban J connectivity index is 2.17. The number of aryl methyl sites for hydroxylation is 1. The van der Waals surface area contributed by atoms with Crippen LogP contribution in [0.15, 0.2) is 12.5 Å². The molecule has 0 bridgehead atoms. The van der Waals surface area contributed by atoms with Gasteiger partial charge in [-0.2, -0.15) is 0 Å². The Kier molecular flexibility index (Phi) is 2.74. The van der Waals surface area contributed by atoms with Crippen molar-refractivity contribution in [2.45, 2.75) is 19.4 Å². The lowest BCUT2D eigenvalue weighted by Gasteiger charge is -2.18. The number of rotatable bonds is 2. The fraction of sp³-hybridized carbons (Fsp3) is 0.600. The van der Waals surface area contributed by atoms with E-state index in [-0.39, 0.29) is 6.04 Å². The Morgan fingerprint density at radius 2 is 2.50 bits per heavy atom. The van der Waals surface area contributed by atoms with E-state index in [9.17, 15) is 0 Å². The van der Waals surface area contributed by atoms with Gasteiger partial charge in [0, 0.05) is 36.0 Å². The van der Waals surface area contributed by atoms with E-state index in [0.717, 1.165) is 30.9 Å². The summed E-state index contributed by atoms with van der Waals surface area (Å²) in [6, 6.07) is 0.0127. The van der Waals surface area contributed by atoms with Gasteiger partial charge in [-0.25, -0.2) is 9.97 Å². The van der Waals surface area contributed by atoms with Crippen molar-refractivity contribution in [1.29, 1.82) is 0 Å². The van der Waals surface area contributed by atoms with Gasteiger partial charge in [0.1, 0.15) is 6.33 Å². The third-order valence-electron chi connectivity index (χ3n) is 2.78. The normalized spacial score (nSPS) is 23.7. The van der Waals surface area contributed by atoms with Crippen molar-refractivity contribution < 1.29 is 4.74 Å². The molecular formula is C10H15N3O. The highest BCUT2D eigenvalue weighted by atomic mass is 16.5. The van der Waals surface area contributed by atoms with Crippen LogP contribution in [0.3, 0.4) is 0 Å². The van der Waals surface area contributed by atoms with Gasteiger partial charge in [-0.3, -0.25) is 0 Å². The van der Waals surface area contributed by atoms with Gasteiger partial charge in [0.2, 0.25) is 0 Å². The molecule has 2 rings (SSSR count). The van der Waals surface area contributed by atoms with Gasteiger partial charge < -0.3 is 10.5 Å². The van der Waals surface area contributed by atoms with Gasteiger partial charge in [0.15, 0.2) is 0 Å². The first kappa shape index (κ1) is 9.55. The second-order valence-corrected chi connectivity index (χ2v) is 3.71. The summed E-state index contributed by atoms with van der Waals surface area (Å²) in [5.74, 6) is 0.416. The molecule has 1 fully saturated rings. The fourth-order valence-electron chi connectivity index (χ4n) is 1.82. The molecule has 0 spiro atoms. The van der Waals surface area contributed by atoms with Crippen molar-refractivity contribution in [2.75, 3.05) is 13.2 Å². The van der Waals surface area contributed by atoms with E-state index in [2.05, 4.69) is 9.97 Å². The van der Waals surface area contributed by atoms with E-state index in [1.807, 2.05) is 13.1 Å². The van der Waals surface area contributed by atoms with Crippen LogP contribution in [-0.2, 0) is 4.74 Å². The Hall–Kier alpha value is -1.00. The largest absolute Gasteiger partial charge is 0.381 e. The molecule has 4 nitrogen and oxygen atoms in total. The first-order valence-electron chi connectivity index (χ1n) is 4.89. The number of hydrogen-bond donors (Lipinski definition) is 1. The Morgan fingerprint density at radius 3 is 3.14 bits per heavy atom. The van der Waals surface area contributed by atoms with Crippen LogP contribution in [0.5, 0.6) is 0 Å². The summed E-state index contributed by atoms with van der Waals surface area (Å²) in [6.45, 7) is 3.55. The molecule has 1 aromatic rings. The first-order chi connectivity index (χ1) is 6.79. The van der Waals surface area contributed by atoms with E-state index in [4.69, 9.17) is 10.5 Å². The Morgan fingerprint density at radius 1 is 1.64 bits per heavy atom. The molecule has 2 unspecified atom stereocenters. The molecule has 1 aromatic heterocycles. The number of nitrogens with zero attached hydrogens (tertiary/aromatic N) is 2. The zero-order valence-corrected chi connectivity index (χ0v) is 8.31. The summed E-state index contributed by atoms with van der Waals surface area (Å²) >= 11 is 0. The van der Waals surface area contributed by atoms with Crippen molar-refractivity contribution in [1.82, 2.24) is 9.97 Å². The fourth-order valence-corrected chi connectivity index (χ4v) is 1.82. The molecule has 1 saturated heterocycles. The molecule has 0 saturated carbocycles. The highest BCUT2D eigenvalue weighted by molar-refractivity contribution is 5.19. The molecule has 2 N–H and O–H groups in total. The van der Waals surface area contributed by atoms with Crippen molar-refractivity contribution >= 4 is 0 Å². The minimum absolute atomic E-state index is 0.0127. The van der Waals surface area contributed by atoms with Crippen LogP contribution in [-0.4, -0.2) is 23.2 Å². The van der Waals surface area contributed by atoms with Crippen LogP contribution in [0.25, 0.3) is 0 Å². The van der Waals surface area contributed by atoms with E-state index < -0.39 is 0 Å². The third-order valence-corrected chi connectivity index (χ3v) is 2.78. The predicted octanol–water partition coefficient (Wildman–Crippen LogP) is 0.821. The molecule has 0 radical (unpaired) electrons. The summed E-state index contributed by atoms with van der Waals surface area (Å²) in [7, 11) is 0. The zero-order valence-electron chi connectivity index (χ0n) is 8.31. The van der Waals surface area contributed by atoms with Crippen LogP contribution in [0.2, 0.25) is 0 Å². The summed E-state index contributed by atoms with van der Waals surface area (Å²) in [5, 5.41) is 0. The predicted molar refractivity (Wildman–Crippen MR) is 52.6 cm³/mol. The van der Waals surface area contributed by atoms with Crippen LogP contribution in [0.1, 0.15) is 23.7 Å². The molecule has 1 aliphatic rings.